The summed E-state index contributed by atoms with van der Waals surface area (Å²) < 4.78 is -1.16. The molecule has 3 fully saturated rings. The summed E-state index contributed by atoms with van der Waals surface area (Å²) in [6.07, 6.45) is 5.68. The fourth-order valence-electron chi connectivity index (χ4n) is 7.14. The number of anilines is 1. The zero-order chi connectivity index (χ0) is 27.8. The first-order valence-electron chi connectivity index (χ1n) is 13.6. The van der Waals surface area contributed by atoms with Crippen molar-refractivity contribution in [3.63, 3.8) is 0 Å². The molecule has 206 valence electrons. The third-order valence-corrected chi connectivity index (χ3v) is 10.5. The lowest BCUT2D eigenvalue weighted by Gasteiger charge is -2.38. The van der Waals surface area contributed by atoms with Crippen LogP contribution in [0.25, 0.3) is 0 Å². The van der Waals surface area contributed by atoms with Crippen LogP contribution in [0.4, 0.5) is 5.69 Å². The molecule has 0 aliphatic carbocycles. The molecule has 7 nitrogen and oxygen atoms in total. The molecule has 1 N–H and O–H groups in total. The van der Waals surface area contributed by atoms with Crippen molar-refractivity contribution in [2.24, 2.45) is 11.8 Å². The van der Waals surface area contributed by atoms with E-state index in [2.05, 4.69) is 20.1 Å². The summed E-state index contributed by atoms with van der Waals surface area (Å²) in [7, 11) is 0. The van der Waals surface area contributed by atoms with E-state index in [1.165, 1.54) is 0 Å². The second-order valence-corrected chi connectivity index (χ2v) is 12.9. The first-order valence-corrected chi connectivity index (χ1v) is 14.4. The van der Waals surface area contributed by atoms with Gasteiger partial charge in [0.15, 0.2) is 0 Å². The largest absolute Gasteiger partial charge is 0.395 e. The van der Waals surface area contributed by atoms with E-state index >= 15 is 0 Å². The van der Waals surface area contributed by atoms with Crippen molar-refractivity contribution < 1.29 is 19.5 Å². The van der Waals surface area contributed by atoms with Gasteiger partial charge >= 0.3 is 0 Å². The normalized spacial score (nSPS) is 29.3. The maximum absolute atomic E-state index is 14.6. The van der Waals surface area contributed by atoms with Crippen LogP contribution in [0.2, 0.25) is 0 Å². The van der Waals surface area contributed by atoms with E-state index in [0.717, 1.165) is 29.7 Å². The lowest BCUT2D eigenvalue weighted by atomic mass is 9.66. The van der Waals surface area contributed by atoms with E-state index in [4.69, 9.17) is 0 Å². The zero-order valence-corrected chi connectivity index (χ0v) is 23.9. The Morgan fingerprint density at radius 2 is 1.82 bits per heavy atom. The van der Waals surface area contributed by atoms with E-state index in [1.807, 2.05) is 39.0 Å². The van der Waals surface area contributed by atoms with Crippen LogP contribution < -0.4 is 4.90 Å². The Hall–Kier alpha value is -2.58. The fourth-order valence-corrected chi connectivity index (χ4v) is 9.49. The molecule has 1 aromatic carbocycles. The number of carbonyl (C=O) groups is 3. The van der Waals surface area contributed by atoms with Crippen LogP contribution in [0, 0.1) is 25.7 Å². The highest BCUT2D eigenvalue weighted by Crippen LogP contribution is 2.71. The lowest BCUT2D eigenvalue weighted by Crippen LogP contribution is -2.55. The van der Waals surface area contributed by atoms with Crippen LogP contribution in [0.1, 0.15) is 44.2 Å². The lowest BCUT2D eigenvalue weighted by molar-refractivity contribution is -0.145. The summed E-state index contributed by atoms with van der Waals surface area (Å²) in [6.45, 7) is 16.9. The van der Waals surface area contributed by atoms with Gasteiger partial charge in [0, 0.05) is 36.6 Å². The predicted octanol–water partition coefficient (Wildman–Crippen LogP) is 3.72. The summed E-state index contributed by atoms with van der Waals surface area (Å²) in [6, 6.07) is 5.15. The molecule has 8 heteroatoms. The van der Waals surface area contributed by atoms with Gasteiger partial charge in [-0.05, 0) is 51.2 Å². The zero-order valence-electron chi connectivity index (χ0n) is 23.1. The second kappa shape index (κ2) is 10.9. The Labute approximate surface area is 230 Å². The molecule has 3 heterocycles. The molecule has 0 radical (unpaired) electrons. The van der Waals surface area contributed by atoms with Gasteiger partial charge in [-0.3, -0.25) is 14.4 Å². The Morgan fingerprint density at radius 1 is 1.16 bits per heavy atom. The average Bonchev–Trinajstić information content (AvgIpc) is 3.43. The number of carbonyl (C=O) groups excluding carboxylic acids is 3. The standard InChI is InChI=1S/C30H41N3O4S/c1-7-15-31(16-8-2)26(35)22-23-27(36)33(18-19-34)25(30(23)14-13-29(22,6)38-30)28(37)32(17-9-3)24-20(4)11-10-12-21(24)5/h7,9-12,22-23,25,34H,1,3,8,13-19H2,2,4-6H3/t22-,23+,25?,29+,30?/m1/s1. The summed E-state index contributed by atoms with van der Waals surface area (Å²) in [5.74, 6) is -1.52. The number of likely N-dealkylation sites (tertiary alicyclic amines) is 1. The minimum Gasteiger partial charge on any atom is -0.395 e. The maximum Gasteiger partial charge on any atom is 0.251 e. The molecule has 1 spiro atoms. The van der Waals surface area contributed by atoms with Crippen molar-refractivity contribution in [1.29, 1.82) is 0 Å². The highest BCUT2D eigenvalue weighted by atomic mass is 32.2. The summed E-state index contributed by atoms with van der Waals surface area (Å²) in [5.41, 5.74) is 2.76. The number of thioether (sulfide) groups is 1. The van der Waals surface area contributed by atoms with Gasteiger partial charge in [0.25, 0.3) is 5.91 Å². The van der Waals surface area contributed by atoms with Gasteiger partial charge in [-0.2, -0.15) is 0 Å². The number of amides is 3. The molecule has 3 aliphatic heterocycles. The number of para-hydroxylation sites is 1. The van der Waals surface area contributed by atoms with Crippen molar-refractivity contribution in [2.75, 3.05) is 37.7 Å². The number of benzene rings is 1. The molecular weight excluding hydrogens is 498 g/mol. The van der Waals surface area contributed by atoms with Crippen LogP contribution in [0.5, 0.6) is 0 Å². The Bertz CT molecular complexity index is 1120. The van der Waals surface area contributed by atoms with Gasteiger partial charge < -0.3 is 19.8 Å². The summed E-state index contributed by atoms with van der Waals surface area (Å²) in [4.78, 5) is 47.9. The summed E-state index contributed by atoms with van der Waals surface area (Å²) >= 11 is 1.66. The van der Waals surface area contributed by atoms with Gasteiger partial charge in [-0.25, -0.2) is 0 Å². The SMILES string of the molecule is C=CCN(CCC)C(=O)[C@H]1[C@H]2C(=O)N(CCO)C(C(=O)N(CC=C)c3c(C)cccc3C)C23CC[C@]1(C)S3. The molecule has 0 aromatic heterocycles. The van der Waals surface area contributed by atoms with Crippen LogP contribution in [0.3, 0.4) is 0 Å². The fraction of sp³-hybridized carbons (Fsp3) is 0.567. The van der Waals surface area contributed by atoms with Crippen molar-refractivity contribution in [1.82, 2.24) is 9.80 Å². The monoisotopic (exact) mass is 539 g/mol. The number of nitrogens with zero attached hydrogens (tertiary/aromatic N) is 3. The third-order valence-electron chi connectivity index (χ3n) is 8.56. The first kappa shape index (κ1) is 28.4. The van der Waals surface area contributed by atoms with Crippen LogP contribution in [-0.4, -0.2) is 80.9 Å². The molecule has 0 saturated carbocycles. The van der Waals surface area contributed by atoms with Gasteiger partial charge in [-0.1, -0.05) is 37.3 Å². The van der Waals surface area contributed by atoms with E-state index in [1.54, 1.807) is 38.6 Å². The smallest absolute Gasteiger partial charge is 0.251 e. The summed E-state index contributed by atoms with van der Waals surface area (Å²) in [5, 5.41) is 9.95. The van der Waals surface area contributed by atoms with E-state index in [-0.39, 0.29) is 30.9 Å². The molecule has 1 aromatic rings. The van der Waals surface area contributed by atoms with Gasteiger partial charge in [0.1, 0.15) is 6.04 Å². The highest BCUT2D eigenvalue weighted by molar-refractivity contribution is 8.02. The molecule has 3 amide bonds. The molecule has 2 unspecified atom stereocenters. The quantitative estimate of drug-likeness (QED) is 0.434. The molecule has 3 aliphatic rings. The average molecular weight is 540 g/mol. The molecular formula is C30H41N3O4S. The number of aliphatic hydroxyl groups is 1. The van der Waals surface area contributed by atoms with Crippen LogP contribution in [-0.2, 0) is 14.4 Å². The van der Waals surface area contributed by atoms with Crippen LogP contribution >= 0.6 is 11.8 Å². The minimum atomic E-state index is -0.769. The number of fused-ring (bicyclic) bond motifs is 1. The number of aryl methyl sites for hydroxylation is 2. The molecule has 3 saturated heterocycles. The molecule has 5 atom stereocenters. The van der Waals surface area contributed by atoms with Gasteiger partial charge in [-0.15, -0.1) is 24.9 Å². The number of aliphatic hydroxyl groups excluding tert-OH is 1. The van der Waals surface area contributed by atoms with Crippen molar-refractivity contribution in [2.45, 2.75) is 62.5 Å². The van der Waals surface area contributed by atoms with Crippen LogP contribution in [0.15, 0.2) is 43.5 Å². The number of β-amino-alcohol motifs (C(OH)–C–C–N with tert-alkyl or cyclic N) is 1. The van der Waals surface area contributed by atoms with Gasteiger partial charge in [0.2, 0.25) is 11.8 Å². The maximum atomic E-state index is 14.6. The van der Waals surface area contributed by atoms with Gasteiger partial charge in [0.05, 0.1) is 23.2 Å². The molecule has 2 bridgehead atoms. The minimum absolute atomic E-state index is 0.0311. The van der Waals surface area contributed by atoms with Crippen molar-refractivity contribution >= 4 is 35.2 Å². The number of hydrogen-bond donors (Lipinski definition) is 1. The van der Waals surface area contributed by atoms with E-state index in [0.29, 0.717) is 26.1 Å². The Morgan fingerprint density at radius 3 is 2.39 bits per heavy atom. The highest BCUT2D eigenvalue weighted by Gasteiger charge is 2.77. The van der Waals surface area contributed by atoms with E-state index < -0.39 is 27.4 Å². The molecule has 4 rings (SSSR count). The van der Waals surface area contributed by atoms with Crippen molar-refractivity contribution in [3.8, 4) is 0 Å². The molecule has 38 heavy (non-hydrogen) atoms. The second-order valence-electron chi connectivity index (χ2n) is 11.0. The topological polar surface area (TPSA) is 81.2 Å². The Balaban J connectivity index is 1.82. The number of rotatable bonds is 11. The number of hydrogen-bond acceptors (Lipinski definition) is 5. The Kier molecular flexibility index (Phi) is 8.15. The first-order chi connectivity index (χ1) is 18.1. The van der Waals surface area contributed by atoms with Crippen molar-refractivity contribution in [3.05, 3.63) is 54.6 Å². The predicted molar refractivity (Wildman–Crippen MR) is 153 cm³/mol. The van der Waals surface area contributed by atoms with E-state index in [9.17, 15) is 19.5 Å². The third kappa shape index (κ3) is 4.30.